The molecule has 1 fully saturated rings. The molecule has 1 saturated carbocycles. The van der Waals surface area contributed by atoms with Crippen molar-refractivity contribution in [2.45, 2.75) is 45.5 Å². The molecule has 1 aliphatic rings. The Morgan fingerprint density at radius 2 is 1.76 bits per heavy atom. The van der Waals surface area contributed by atoms with Gasteiger partial charge in [-0.2, -0.15) is 13.2 Å². The summed E-state index contributed by atoms with van der Waals surface area (Å²) in [4.78, 5) is 32.6. The molecule has 0 radical (unpaired) electrons. The van der Waals surface area contributed by atoms with E-state index in [1.165, 1.54) is 18.9 Å². The van der Waals surface area contributed by atoms with Gasteiger partial charge in [-0.1, -0.05) is 24.8 Å². The number of anilines is 3. The zero-order valence-corrected chi connectivity index (χ0v) is 22.9. The van der Waals surface area contributed by atoms with Gasteiger partial charge in [-0.3, -0.25) is 4.79 Å². The first-order valence-corrected chi connectivity index (χ1v) is 12.9. The number of alkyl halides is 3. The minimum atomic E-state index is -5.08. The molecule has 0 bridgehead atoms. The summed E-state index contributed by atoms with van der Waals surface area (Å²) in [5.74, 6) is -1.73. The van der Waals surface area contributed by atoms with E-state index in [4.69, 9.17) is 9.90 Å². The Bertz CT molecular complexity index is 1410. The number of rotatable bonds is 10. The molecule has 4 rings (SSSR count). The van der Waals surface area contributed by atoms with Crippen LogP contribution in [-0.2, 0) is 16.1 Å². The Morgan fingerprint density at radius 3 is 2.33 bits per heavy atom. The number of nitrogens with one attached hydrogen (secondary N) is 4. The summed E-state index contributed by atoms with van der Waals surface area (Å²) < 4.78 is 33.6. The van der Waals surface area contributed by atoms with E-state index in [-0.39, 0.29) is 18.0 Å². The number of carboxylic acid groups (broad SMARTS) is 1. The van der Waals surface area contributed by atoms with Crippen molar-refractivity contribution in [2.75, 3.05) is 22.5 Å². The minimum Gasteiger partial charge on any atom is -0.475 e. The molecule has 42 heavy (non-hydrogen) atoms. The zero-order valence-electron chi connectivity index (χ0n) is 22.9. The van der Waals surface area contributed by atoms with Crippen molar-refractivity contribution in [3.63, 3.8) is 0 Å². The monoisotopic (exact) mass is 588 g/mol. The highest BCUT2D eigenvalue weighted by Crippen LogP contribution is 2.33. The number of carbonyl (C=O) groups is 3. The molecule has 2 aromatic carbocycles. The highest BCUT2D eigenvalue weighted by Gasteiger charge is 2.38. The maximum Gasteiger partial charge on any atom is 0.490 e. The molecule has 1 aromatic heterocycles. The molecule has 3 aromatic rings. The summed E-state index contributed by atoms with van der Waals surface area (Å²) in [6, 6.07) is 12.6. The van der Waals surface area contributed by atoms with Gasteiger partial charge in [0.15, 0.2) is 5.82 Å². The molecule has 12 nitrogen and oxygen atoms in total. The topological polar surface area (TPSA) is 163 Å². The van der Waals surface area contributed by atoms with Gasteiger partial charge in [-0.25, -0.2) is 14.3 Å². The number of carboxylic acids is 1. The largest absolute Gasteiger partial charge is 0.490 e. The van der Waals surface area contributed by atoms with Gasteiger partial charge in [-0.05, 0) is 84.5 Å². The third kappa shape index (κ3) is 9.31. The lowest BCUT2D eigenvalue weighted by Crippen LogP contribution is -2.28. The summed E-state index contributed by atoms with van der Waals surface area (Å²) in [6.45, 7) is 8.66. The van der Waals surface area contributed by atoms with E-state index >= 15 is 0 Å². The molecule has 5 N–H and O–H groups in total. The molecule has 1 aliphatic carbocycles. The number of nitrogens with zero attached hydrogens (tertiary/aromatic N) is 4. The van der Waals surface area contributed by atoms with E-state index in [9.17, 15) is 22.8 Å². The van der Waals surface area contributed by atoms with Crippen molar-refractivity contribution in [1.29, 1.82) is 0 Å². The van der Waals surface area contributed by atoms with Gasteiger partial charge in [0.1, 0.15) is 6.04 Å². The van der Waals surface area contributed by atoms with Crippen LogP contribution < -0.4 is 21.3 Å². The van der Waals surface area contributed by atoms with Crippen LogP contribution in [0.5, 0.6) is 0 Å². The molecular weight excluding hydrogens is 557 g/mol. The lowest BCUT2D eigenvalue weighted by Gasteiger charge is -2.22. The van der Waals surface area contributed by atoms with E-state index in [1.54, 1.807) is 0 Å². The third-order valence-electron chi connectivity index (χ3n) is 6.02. The van der Waals surface area contributed by atoms with Crippen LogP contribution in [0.3, 0.4) is 0 Å². The van der Waals surface area contributed by atoms with Gasteiger partial charge >= 0.3 is 18.2 Å². The molecule has 0 spiro atoms. The highest BCUT2D eigenvalue weighted by molar-refractivity contribution is 5.98. The second kappa shape index (κ2) is 14.1. The summed E-state index contributed by atoms with van der Waals surface area (Å²) in [7, 11) is 0. The lowest BCUT2D eigenvalue weighted by atomic mass is 10.0. The molecule has 15 heteroatoms. The van der Waals surface area contributed by atoms with Crippen molar-refractivity contribution < 1.29 is 32.7 Å². The van der Waals surface area contributed by atoms with Crippen molar-refractivity contribution >= 4 is 35.0 Å². The van der Waals surface area contributed by atoms with Gasteiger partial charge in [-0.15, -0.1) is 5.10 Å². The normalized spacial score (nSPS) is 13.2. The smallest absolute Gasteiger partial charge is 0.475 e. The molecule has 1 heterocycles. The van der Waals surface area contributed by atoms with E-state index < -0.39 is 12.1 Å². The molecule has 1 unspecified atom stereocenters. The summed E-state index contributed by atoms with van der Waals surface area (Å²) in [6.07, 6.45) is -1.49. The number of amides is 3. The number of hydrogen-bond acceptors (Lipinski definition) is 7. The van der Waals surface area contributed by atoms with Crippen LogP contribution in [-0.4, -0.2) is 55.9 Å². The average Bonchev–Trinajstić information content (AvgIpc) is 3.64. The predicted octanol–water partition coefficient (Wildman–Crippen LogP) is 4.49. The average molecular weight is 589 g/mol. The maximum absolute atomic E-state index is 12.0. The number of aliphatic carboxylic acids is 1. The Kier molecular flexibility index (Phi) is 10.6. The number of hydrogen-bond donors (Lipinski definition) is 5. The number of urea groups is 1. The van der Waals surface area contributed by atoms with Crippen LogP contribution >= 0.6 is 0 Å². The van der Waals surface area contributed by atoms with Crippen LogP contribution in [0, 0.1) is 12.8 Å². The standard InChI is InChI=1S/C25H30N8O2.C2HF3O2/c1-4-22(34)27-19-12-9-18(10-13-19)23(24-30-31-32-33(24)15-17-7-8-17)29-21-14-20(11-6-16(21)3)28-25(35)26-5-2;3-2(4,5)1(6)7/h4,6,9-14,17,23,29H,1,5,7-8,15H2,2-3H3,(H,27,34)(H2,26,28,35);(H,6,7). The Hall–Kier alpha value is -4.95. The summed E-state index contributed by atoms with van der Waals surface area (Å²) >= 11 is 0. The fourth-order valence-corrected chi connectivity index (χ4v) is 3.69. The number of benzene rings is 2. The minimum absolute atomic E-state index is 0.260. The lowest BCUT2D eigenvalue weighted by molar-refractivity contribution is -0.192. The van der Waals surface area contributed by atoms with Crippen molar-refractivity contribution in [3.8, 4) is 0 Å². The van der Waals surface area contributed by atoms with Gasteiger partial charge in [0, 0.05) is 30.2 Å². The van der Waals surface area contributed by atoms with E-state index in [1.807, 2.05) is 61.0 Å². The van der Waals surface area contributed by atoms with E-state index in [0.29, 0.717) is 29.7 Å². The molecule has 224 valence electrons. The Morgan fingerprint density at radius 1 is 1.12 bits per heavy atom. The van der Waals surface area contributed by atoms with Gasteiger partial charge in [0.2, 0.25) is 5.91 Å². The van der Waals surface area contributed by atoms with Gasteiger partial charge < -0.3 is 26.4 Å². The summed E-state index contributed by atoms with van der Waals surface area (Å²) in [5.41, 5.74) is 4.11. The zero-order chi connectivity index (χ0) is 30.9. The first-order valence-electron chi connectivity index (χ1n) is 12.9. The number of carbonyl (C=O) groups excluding carboxylic acids is 2. The number of halogens is 3. The molecule has 0 aliphatic heterocycles. The predicted molar refractivity (Wildman–Crippen MR) is 149 cm³/mol. The van der Waals surface area contributed by atoms with Crippen LogP contribution in [0.15, 0.2) is 55.1 Å². The fraction of sp³-hybridized carbons (Fsp3) is 0.333. The second-order valence-corrected chi connectivity index (χ2v) is 9.37. The number of aryl methyl sites for hydroxylation is 1. The van der Waals surface area contributed by atoms with E-state index in [2.05, 4.69) is 43.4 Å². The second-order valence-electron chi connectivity index (χ2n) is 9.37. The maximum atomic E-state index is 12.0. The fourth-order valence-electron chi connectivity index (χ4n) is 3.69. The van der Waals surface area contributed by atoms with Crippen molar-refractivity contribution in [3.05, 3.63) is 72.1 Å². The quantitative estimate of drug-likeness (QED) is 0.216. The van der Waals surface area contributed by atoms with Crippen LogP contribution in [0.25, 0.3) is 0 Å². The van der Waals surface area contributed by atoms with Crippen LogP contribution in [0.4, 0.5) is 35.0 Å². The van der Waals surface area contributed by atoms with Crippen LogP contribution in [0.2, 0.25) is 0 Å². The van der Waals surface area contributed by atoms with Gasteiger partial charge in [0.05, 0.1) is 0 Å². The Balaban J connectivity index is 0.000000616. The molecule has 1 atom stereocenters. The van der Waals surface area contributed by atoms with Gasteiger partial charge in [0.25, 0.3) is 0 Å². The highest BCUT2D eigenvalue weighted by atomic mass is 19.4. The number of aromatic nitrogens is 4. The third-order valence-corrected chi connectivity index (χ3v) is 6.02. The van der Waals surface area contributed by atoms with Crippen molar-refractivity contribution in [1.82, 2.24) is 25.5 Å². The Labute approximate surface area is 239 Å². The van der Waals surface area contributed by atoms with Crippen LogP contribution in [0.1, 0.15) is 42.8 Å². The SMILES string of the molecule is C=CC(=O)Nc1ccc(C(Nc2cc(NC(=O)NCC)ccc2C)c2nnnn2CC2CC2)cc1.O=C(O)C(F)(F)F. The first kappa shape index (κ1) is 31.6. The number of tetrazole rings is 1. The molecular formula is C27H31F3N8O4. The molecule has 0 saturated heterocycles. The van der Waals surface area contributed by atoms with E-state index in [0.717, 1.165) is 23.4 Å². The van der Waals surface area contributed by atoms with Crippen molar-refractivity contribution in [2.24, 2.45) is 5.92 Å². The molecule has 3 amide bonds. The summed E-state index contributed by atoms with van der Waals surface area (Å²) in [5, 5.41) is 31.6. The first-order chi connectivity index (χ1) is 19.9.